The summed E-state index contributed by atoms with van der Waals surface area (Å²) >= 11 is 0. The van der Waals surface area contributed by atoms with E-state index in [2.05, 4.69) is 52.5 Å². The van der Waals surface area contributed by atoms with Gasteiger partial charge in [0.2, 0.25) is 0 Å². The fraction of sp³-hybridized carbons (Fsp3) is 0.435. The minimum Gasteiger partial charge on any atom is -0.490 e. The summed E-state index contributed by atoms with van der Waals surface area (Å²) in [7, 11) is 2.11. The molecule has 0 saturated heterocycles. The van der Waals surface area contributed by atoms with Crippen molar-refractivity contribution in [3.8, 4) is 5.75 Å². The van der Waals surface area contributed by atoms with E-state index in [0.717, 1.165) is 23.6 Å². The molecule has 0 N–H and O–H groups in total. The quantitative estimate of drug-likeness (QED) is 0.684. The average molecular weight is 381 g/mol. The van der Waals surface area contributed by atoms with Crippen molar-refractivity contribution < 1.29 is 9.13 Å². The van der Waals surface area contributed by atoms with Crippen LogP contribution < -0.4 is 4.74 Å². The molecular formula is C23H28FN3O. The van der Waals surface area contributed by atoms with Crippen LogP contribution in [0.4, 0.5) is 4.39 Å². The van der Waals surface area contributed by atoms with Crippen LogP contribution in [-0.2, 0) is 6.54 Å². The summed E-state index contributed by atoms with van der Waals surface area (Å²) in [6, 6.07) is 6.38. The van der Waals surface area contributed by atoms with Gasteiger partial charge < -0.3 is 9.75 Å². The molecule has 1 aromatic rings. The molecule has 5 heteroatoms. The third-order valence-corrected chi connectivity index (χ3v) is 5.52. The summed E-state index contributed by atoms with van der Waals surface area (Å²) in [5.74, 6) is 0.759. The van der Waals surface area contributed by atoms with Crippen LogP contribution in [0.15, 0.2) is 58.9 Å². The molecule has 0 amide bonds. The topological polar surface area (TPSA) is 28.1 Å². The van der Waals surface area contributed by atoms with E-state index in [4.69, 9.17) is 4.74 Å². The van der Waals surface area contributed by atoms with E-state index in [-0.39, 0.29) is 12.6 Å². The maximum absolute atomic E-state index is 13.4. The van der Waals surface area contributed by atoms with E-state index in [9.17, 15) is 4.39 Å². The molecule has 4 nitrogen and oxygen atoms in total. The van der Waals surface area contributed by atoms with Crippen molar-refractivity contribution in [2.75, 3.05) is 13.7 Å². The number of ether oxygens (including phenoxy) is 1. The number of aryl methyl sites for hydroxylation is 1. The largest absolute Gasteiger partial charge is 0.490 e. The molecule has 4 rings (SSSR count). The van der Waals surface area contributed by atoms with E-state index < -0.39 is 6.17 Å². The van der Waals surface area contributed by atoms with Crippen molar-refractivity contribution in [2.45, 2.75) is 51.9 Å². The summed E-state index contributed by atoms with van der Waals surface area (Å²) in [5.41, 5.74) is 6.07. The number of benzene rings is 1. The number of nitrogens with zero attached hydrogens (tertiary/aromatic N) is 3. The van der Waals surface area contributed by atoms with Gasteiger partial charge in [0.05, 0.1) is 18.3 Å². The minimum atomic E-state index is -0.915. The van der Waals surface area contributed by atoms with E-state index in [1.54, 1.807) is 0 Å². The monoisotopic (exact) mass is 381 g/mol. The first-order chi connectivity index (χ1) is 13.5. The number of hydrogen-bond acceptors (Lipinski definition) is 4. The highest BCUT2D eigenvalue weighted by Gasteiger charge is 2.32. The Balaban J connectivity index is 1.46. The molecule has 0 spiro atoms. The number of hydrogen-bond donors (Lipinski definition) is 0. The Labute approximate surface area is 166 Å². The second-order valence-electron chi connectivity index (χ2n) is 7.78. The Morgan fingerprint density at radius 2 is 2.18 bits per heavy atom. The molecule has 148 valence electrons. The molecule has 0 radical (unpaired) electrons. The lowest BCUT2D eigenvalue weighted by Gasteiger charge is -2.30. The van der Waals surface area contributed by atoms with Crippen LogP contribution in [0, 0.1) is 6.92 Å². The third kappa shape index (κ3) is 4.04. The van der Waals surface area contributed by atoms with Crippen LogP contribution in [0.2, 0.25) is 0 Å². The van der Waals surface area contributed by atoms with Crippen LogP contribution in [0.3, 0.4) is 0 Å². The van der Waals surface area contributed by atoms with Crippen molar-refractivity contribution in [3.05, 3.63) is 65.0 Å². The van der Waals surface area contributed by atoms with Crippen molar-refractivity contribution in [1.29, 1.82) is 0 Å². The van der Waals surface area contributed by atoms with Crippen LogP contribution in [0.1, 0.15) is 37.3 Å². The second-order valence-corrected chi connectivity index (χ2v) is 7.78. The van der Waals surface area contributed by atoms with Gasteiger partial charge in [0, 0.05) is 25.0 Å². The van der Waals surface area contributed by atoms with Crippen molar-refractivity contribution >= 4 is 5.71 Å². The Morgan fingerprint density at radius 1 is 1.36 bits per heavy atom. The van der Waals surface area contributed by atoms with E-state index in [0.29, 0.717) is 6.42 Å². The van der Waals surface area contributed by atoms with Crippen molar-refractivity contribution in [3.63, 3.8) is 0 Å². The molecule has 2 aliphatic heterocycles. The lowest BCUT2D eigenvalue weighted by molar-refractivity contribution is 0.0527. The molecule has 2 heterocycles. The summed E-state index contributed by atoms with van der Waals surface area (Å²) in [5, 5.41) is 4.49. The SMILES string of the molecule is CCC(F)COc1ccc(CN2C=C3C(C=C4CC4)=NC=CC3N2C)cc1C. The first-order valence-electron chi connectivity index (χ1n) is 10.1. The number of allylic oxidation sites excluding steroid dienone is 2. The van der Waals surface area contributed by atoms with Crippen LogP contribution >= 0.6 is 0 Å². The third-order valence-electron chi connectivity index (χ3n) is 5.52. The fourth-order valence-electron chi connectivity index (χ4n) is 3.56. The molecule has 1 aliphatic carbocycles. The molecule has 1 saturated carbocycles. The molecule has 2 unspecified atom stereocenters. The van der Waals surface area contributed by atoms with E-state index in [1.165, 1.54) is 29.6 Å². The highest BCUT2D eigenvalue weighted by molar-refractivity contribution is 6.11. The zero-order valence-corrected chi connectivity index (χ0v) is 16.9. The predicted octanol–water partition coefficient (Wildman–Crippen LogP) is 4.73. The van der Waals surface area contributed by atoms with Crippen LogP contribution in [0.5, 0.6) is 5.75 Å². The molecule has 2 atom stereocenters. The minimum absolute atomic E-state index is 0.114. The zero-order valence-electron chi connectivity index (χ0n) is 16.9. The number of halogens is 1. The normalized spacial score (nSPS) is 21.9. The maximum Gasteiger partial charge on any atom is 0.134 e. The smallest absolute Gasteiger partial charge is 0.134 e. The first kappa shape index (κ1) is 18.9. The molecule has 1 aromatic carbocycles. The standard InChI is InChI=1S/C23H28FN3O/c1-4-19(24)15-28-23-8-7-18(11-16(23)2)13-27-14-20-21(12-17-5-6-17)25-10-9-22(20)26(27)3/h7-12,14,19,22H,4-6,13,15H2,1-3H3. The first-order valence-corrected chi connectivity index (χ1v) is 10.1. The van der Waals surface area contributed by atoms with Gasteiger partial charge in [0.25, 0.3) is 0 Å². The number of alkyl halides is 1. The van der Waals surface area contributed by atoms with Crippen molar-refractivity contribution in [1.82, 2.24) is 10.0 Å². The second kappa shape index (κ2) is 7.92. The molecule has 3 aliphatic rings. The van der Waals surface area contributed by atoms with Gasteiger partial charge >= 0.3 is 0 Å². The van der Waals surface area contributed by atoms with E-state index in [1.807, 2.05) is 26.1 Å². The van der Waals surface area contributed by atoms with Gasteiger partial charge in [0.15, 0.2) is 0 Å². The lowest BCUT2D eigenvalue weighted by atomic mass is 10.0. The number of fused-ring (bicyclic) bond motifs is 1. The van der Waals surface area contributed by atoms with Gasteiger partial charge in [-0.3, -0.25) is 4.99 Å². The summed E-state index contributed by atoms with van der Waals surface area (Å²) in [4.78, 5) is 4.59. The summed E-state index contributed by atoms with van der Waals surface area (Å²) < 4.78 is 19.1. The molecular weight excluding hydrogens is 353 g/mol. The van der Waals surface area contributed by atoms with Gasteiger partial charge in [0.1, 0.15) is 18.5 Å². The molecule has 0 aromatic heterocycles. The Hall–Kier alpha value is -2.40. The van der Waals surface area contributed by atoms with Crippen LogP contribution in [-0.4, -0.2) is 41.6 Å². The van der Waals surface area contributed by atoms with Gasteiger partial charge in [-0.25, -0.2) is 9.40 Å². The van der Waals surface area contributed by atoms with E-state index >= 15 is 0 Å². The highest BCUT2D eigenvalue weighted by Crippen LogP contribution is 2.33. The Kier molecular flexibility index (Phi) is 5.36. The van der Waals surface area contributed by atoms with Gasteiger partial charge in [-0.05, 0) is 55.5 Å². The summed E-state index contributed by atoms with van der Waals surface area (Å²) in [6.45, 7) is 4.73. The molecule has 1 fully saturated rings. The highest BCUT2D eigenvalue weighted by atomic mass is 19.1. The van der Waals surface area contributed by atoms with Crippen molar-refractivity contribution in [2.24, 2.45) is 4.99 Å². The fourth-order valence-corrected chi connectivity index (χ4v) is 3.56. The van der Waals surface area contributed by atoms with Gasteiger partial charge in [-0.2, -0.15) is 0 Å². The molecule has 0 bridgehead atoms. The predicted molar refractivity (Wildman–Crippen MR) is 111 cm³/mol. The number of rotatable bonds is 7. The Morgan fingerprint density at radius 3 is 2.89 bits per heavy atom. The number of hydrazine groups is 1. The zero-order chi connectivity index (χ0) is 19.7. The van der Waals surface area contributed by atoms with Gasteiger partial charge in [-0.15, -0.1) is 0 Å². The lowest BCUT2D eigenvalue weighted by Crippen LogP contribution is -2.38. The molecule has 28 heavy (non-hydrogen) atoms. The average Bonchev–Trinajstić information content (AvgIpc) is 3.45. The Bertz CT molecular complexity index is 865. The maximum atomic E-state index is 13.4. The summed E-state index contributed by atoms with van der Waals surface area (Å²) in [6.07, 6.45) is 10.5. The number of likely N-dealkylation sites (N-methyl/N-ethyl adjacent to an activating group) is 1. The van der Waals surface area contributed by atoms with Gasteiger partial charge in [-0.1, -0.05) is 24.6 Å². The number of aliphatic imine (C=N–C) groups is 1. The van der Waals surface area contributed by atoms with Crippen LogP contribution in [0.25, 0.3) is 0 Å².